The molecule has 0 aliphatic carbocycles. The number of carbonyl (C=O) groups is 2. The first-order chi connectivity index (χ1) is 11.1. The van der Waals surface area contributed by atoms with E-state index >= 15 is 0 Å². The molecule has 0 aromatic heterocycles. The molecule has 2 aromatic rings. The topological polar surface area (TPSA) is 49.4 Å². The van der Waals surface area contributed by atoms with Crippen LogP contribution >= 0.6 is 11.8 Å². The number of nitrogens with zero attached hydrogens (tertiary/aromatic N) is 1. The lowest BCUT2D eigenvalue weighted by Crippen LogP contribution is -2.34. The Kier molecular flexibility index (Phi) is 4.39. The summed E-state index contributed by atoms with van der Waals surface area (Å²) in [6.07, 6.45) is 0.969. The molecule has 0 saturated carbocycles. The summed E-state index contributed by atoms with van der Waals surface area (Å²) in [6.45, 7) is 4.03. The van der Waals surface area contributed by atoms with Crippen LogP contribution < -0.4 is 10.2 Å². The van der Waals surface area contributed by atoms with Crippen molar-refractivity contribution in [1.29, 1.82) is 0 Å². The number of anilines is 2. The summed E-state index contributed by atoms with van der Waals surface area (Å²) in [4.78, 5) is 26.0. The highest BCUT2D eigenvalue weighted by molar-refractivity contribution is 8.16. The molecule has 1 saturated heterocycles. The van der Waals surface area contributed by atoms with Crippen LogP contribution in [0.3, 0.4) is 0 Å². The molecule has 2 aromatic carbocycles. The van der Waals surface area contributed by atoms with Gasteiger partial charge in [0.25, 0.3) is 11.1 Å². The smallest absolute Gasteiger partial charge is 0.295 e. The van der Waals surface area contributed by atoms with E-state index in [9.17, 15) is 9.59 Å². The third kappa shape index (κ3) is 3.24. The largest absolute Gasteiger partial charge is 0.365 e. The molecule has 1 N–H and O–H groups in total. The zero-order valence-electron chi connectivity index (χ0n) is 13.1. The molecule has 0 unspecified atom stereocenters. The van der Waals surface area contributed by atoms with Crippen LogP contribution in [0.2, 0.25) is 0 Å². The summed E-state index contributed by atoms with van der Waals surface area (Å²) in [6, 6.07) is 15.3. The summed E-state index contributed by atoms with van der Waals surface area (Å²) >= 11 is 1.01. The van der Waals surface area contributed by atoms with Crippen LogP contribution in [0.5, 0.6) is 0 Å². The van der Waals surface area contributed by atoms with Crippen LogP contribution in [0, 0.1) is 6.92 Å². The minimum absolute atomic E-state index is 0.231. The maximum atomic E-state index is 12.6. The number of amides is 2. The second-order valence-electron chi connectivity index (χ2n) is 5.47. The highest BCUT2D eigenvalue weighted by Crippen LogP contribution is 2.32. The standard InChI is InChI=1S/C18H18N2O2S/c1-3-13-7-9-14(10-8-13)19-16-17(21)20(18(22)23-16)15-6-4-5-12(2)11-15/h4-11,16,19H,3H2,1-2H3/t16-/m0/s1. The fourth-order valence-electron chi connectivity index (χ4n) is 2.49. The molecular weight excluding hydrogens is 308 g/mol. The zero-order chi connectivity index (χ0) is 16.4. The Bertz CT molecular complexity index is 743. The molecule has 1 aliphatic rings. The first-order valence-corrected chi connectivity index (χ1v) is 8.43. The van der Waals surface area contributed by atoms with Gasteiger partial charge in [-0.05, 0) is 60.5 Å². The maximum absolute atomic E-state index is 12.6. The number of thioether (sulfide) groups is 1. The molecule has 0 spiro atoms. The lowest BCUT2D eigenvalue weighted by atomic mass is 10.1. The van der Waals surface area contributed by atoms with Crippen LogP contribution in [0.1, 0.15) is 18.1 Å². The molecule has 0 bridgehead atoms. The third-order valence-corrected chi connectivity index (χ3v) is 4.71. The summed E-state index contributed by atoms with van der Waals surface area (Å²) < 4.78 is 0. The molecule has 4 nitrogen and oxygen atoms in total. The minimum Gasteiger partial charge on any atom is -0.365 e. The molecule has 0 radical (unpaired) electrons. The van der Waals surface area contributed by atoms with E-state index in [1.807, 2.05) is 49.4 Å². The van der Waals surface area contributed by atoms with Crippen molar-refractivity contribution in [3.05, 3.63) is 59.7 Å². The van der Waals surface area contributed by atoms with E-state index in [0.29, 0.717) is 5.69 Å². The zero-order valence-corrected chi connectivity index (χ0v) is 13.9. The van der Waals surface area contributed by atoms with E-state index in [-0.39, 0.29) is 11.1 Å². The Labute approximate surface area is 139 Å². The predicted octanol–water partition coefficient (Wildman–Crippen LogP) is 4.20. The van der Waals surface area contributed by atoms with Gasteiger partial charge in [0.05, 0.1) is 5.69 Å². The first-order valence-electron chi connectivity index (χ1n) is 7.55. The molecule has 1 aliphatic heterocycles. The van der Waals surface area contributed by atoms with Gasteiger partial charge in [-0.2, -0.15) is 0 Å². The van der Waals surface area contributed by atoms with Gasteiger partial charge in [-0.1, -0.05) is 31.2 Å². The molecule has 1 heterocycles. The van der Waals surface area contributed by atoms with E-state index in [1.165, 1.54) is 10.5 Å². The quantitative estimate of drug-likeness (QED) is 0.915. The fraction of sp³-hybridized carbons (Fsp3) is 0.222. The number of hydrogen-bond acceptors (Lipinski definition) is 4. The fourth-order valence-corrected chi connectivity index (χ4v) is 3.39. The average molecular weight is 326 g/mol. The van der Waals surface area contributed by atoms with E-state index in [4.69, 9.17) is 0 Å². The number of carbonyl (C=O) groups excluding carboxylic acids is 2. The highest BCUT2D eigenvalue weighted by atomic mass is 32.2. The van der Waals surface area contributed by atoms with Crippen molar-refractivity contribution in [3.8, 4) is 0 Å². The molecular formula is C18H18N2O2S. The lowest BCUT2D eigenvalue weighted by Gasteiger charge is -2.15. The number of imide groups is 1. The van der Waals surface area contributed by atoms with Crippen LogP contribution in [0.25, 0.3) is 0 Å². The van der Waals surface area contributed by atoms with Crippen molar-refractivity contribution in [2.24, 2.45) is 0 Å². The average Bonchev–Trinajstić information content (AvgIpc) is 2.82. The molecule has 118 valence electrons. The van der Waals surface area contributed by atoms with Gasteiger partial charge >= 0.3 is 0 Å². The lowest BCUT2D eigenvalue weighted by molar-refractivity contribution is -0.116. The van der Waals surface area contributed by atoms with Crippen molar-refractivity contribution < 1.29 is 9.59 Å². The number of rotatable bonds is 4. The van der Waals surface area contributed by atoms with E-state index < -0.39 is 5.37 Å². The van der Waals surface area contributed by atoms with Crippen LogP contribution in [0.15, 0.2) is 48.5 Å². The number of nitrogens with one attached hydrogen (secondary N) is 1. The minimum atomic E-state index is -0.588. The number of hydrogen-bond donors (Lipinski definition) is 1. The third-order valence-electron chi connectivity index (χ3n) is 3.77. The Hall–Kier alpha value is -2.27. The second-order valence-corrected chi connectivity index (χ2v) is 6.53. The highest BCUT2D eigenvalue weighted by Gasteiger charge is 2.40. The molecule has 23 heavy (non-hydrogen) atoms. The van der Waals surface area contributed by atoms with Crippen molar-refractivity contribution in [2.45, 2.75) is 25.6 Å². The SMILES string of the molecule is CCc1ccc(N[C@H]2SC(=O)N(c3cccc(C)c3)C2=O)cc1. The Morgan fingerprint density at radius 3 is 2.52 bits per heavy atom. The summed E-state index contributed by atoms with van der Waals surface area (Å²) in [7, 11) is 0. The van der Waals surface area contributed by atoms with Gasteiger partial charge in [0, 0.05) is 5.69 Å². The van der Waals surface area contributed by atoms with Crippen LogP contribution in [-0.2, 0) is 11.2 Å². The Morgan fingerprint density at radius 2 is 1.87 bits per heavy atom. The van der Waals surface area contributed by atoms with Crippen molar-refractivity contribution in [3.63, 3.8) is 0 Å². The van der Waals surface area contributed by atoms with Gasteiger partial charge in [-0.15, -0.1) is 0 Å². The molecule has 1 atom stereocenters. The summed E-state index contributed by atoms with van der Waals surface area (Å²) in [5.74, 6) is -0.231. The number of benzene rings is 2. The second kappa shape index (κ2) is 6.46. The summed E-state index contributed by atoms with van der Waals surface area (Å²) in [5, 5.41) is 2.30. The van der Waals surface area contributed by atoms with Crippen molar-refractivity contribution in [2.75, 3.05) is 10.2 Å². The Balaban J connectivity index is 1.78. The van der Waals surface area contributed by atoms with Gasteiger partial charge < -0.3 is 5.32 Å². The molecule has 1 fully saturated rings. The van der Waals surface area contributed by atoms with Crippen molar-refractivity contribution in [1.82, 2.24) is 0 Å². The van der Waals surface area contributed by atoms with Gasteiger partial charge in [0.1, 0.15) is 0 Å². The number of aryl methyl sites for hydroxylation is 2. The maximum Gasteiger partial charge on any atom is 0.295 e. The first kappa shape index (κ1) is 15.6. The van der Waals surface area contributed by atoms with E-state index in [1.54, 1.807) is 6.07 Å². The van der Waals surface area contributed by atoms with Crippen LogP contribution in [-0.4, -0.2) is 16.5 Å². The molecule has 5 heteroatoms. The van der Waals surface area contributed by atoms with Gasteiger partial charge in [-0.3, -0.25) is 9.59 Å². The molecule has 2 amide bonds. The van der Waals surface area contributed by atoms with E-state index in [2.05, 4.69) is 12.2 Å². The van der Waals surface area contributed by atoms with Gasteiger partial charge in [0.2, 0.25) is 0 Å². The van der Waals surface area contributed by atoms with Crippen molar-refractivity contribution >= 4 is 34.3 Å². The van der Waals surface area contributed by atoms with Gasteiger partial charge in [-0.25, -0.2) is 4.90 Å². The monoisotopic (exact) mass is 326 g/mol. The van der Waals surface area contributed by atoms with E-state index in [0.717, 1.165) is 29.4 Å². The van der Waals surface area contributed by atoms with Crippen LogP contribution in [0.4, 0.5) is 16.2 Å². The Morgan fingerprint density at radius 1 is 1.13 bits per heavy atom. The summed E-state index contributed by atoms with van der Waals surface area (Å²) in [5.41, 5.74) is 3.71. The van der Waals surface area contributed by atoms with Gasteiger partial charge in [0.15, 0.2) is 5.37 Å². The predicted molar refractivity (Wildman–Crippen MR) is 94.9 cm³/mol. The molecule has 3 rings (SSSR count). The normalized spacial score (nSPS) is 17.7.